The second-order valence-electron chi connectivity index (χ2n) is 4.52. The van der Waals surface area contributed by atoms with E-state index in [-0.39, 0.29) is 6.61 Å². The Hall–Kier alpha value is -0.620. The number of ether oxygens (including phenoxy) is 2. The molecule has 0 amide bonds. The van der Waals surface area contributed by atoms with Gasteiger partial charge >= 0.3 is 0 Å². The lowest BCUT2D eigenvalue weighted by Gasteiger charge is -2.18. The smallest absolute Gasteiger partial charge is 0.125 e. The normalized spacial score (nSPS) is 18.5. The average Bonchev–Trinajstić information content (AvgIpc) is 2.60. The zero-order valence-electron chi connectivity index (χ0n) is 10.9. The van der Waals surface area contributed by atoms with Gasteiger partial charge in [-0.05, 0) is 25.0 Å². The number of fused-ring (bicyclic) bond motifs is 1. The van der Waals surface area contributed by atoms with Crippen molar-refractivity contribution in [3.05, 3.63) is 28.2 Å². The lowest BCUT2D eigenvalue weighted by Crippen LogP contribution is -2.25. The SMILES string of the molecule is OCCOCCNC1CCCOc2cc(Br)ccc21. The fourth-order valence-corrected chi connectivity index (χ4v) is 2.57. The van der Waals surface area contributed by atoms with Crippen molar-refractivity contribution in [2.24, 2.45) is 0 Å². The van der Waals surface area contributed by atoms with Gasteiger partial charge in [0, 0.05) is 22.6 Å². The van der Waals surface area contributed by atoms with Crippen LogP contribution in [0.3, 0.4) is 0 Å². The van der Waals surface area contributed by atoms with Crippen LogP contribution in [0.15, 0.2) is 22.7 Å². The molecule has 1 aliphatic rings. The molecule has 2 N–H and O–H groups in total. The van der Waals surface area contributed by atoms with Crippen LogP contribution in [0, 0.1) is 0 Å². The second kappa shape index (κ2) is 7.85. The monoisotopic (exact) mass is 329 g/mol. The summed E-state index contributed by atoms with van der Waals surface area (Å²) in [7, 11) is 0. The molecule has 1 atom stereocenters. The fraction of sp³-hybridized carbons (Fsp3) is 0.571. The van der Waals surface area contributed by atoms with Gasteiger partial charge in [0.1, 0.15) is 5.75 Å². The number of nitrogens with one attached hydrogen (secondary N) is 1. The van der Waals surface area contributed by atoms with E-state index in [0.29, 0.717) is 19.3 Å². The molecule has 4 nitrogen and oxygen atoms in total. The van der Waals surface area contributed by atoms with E-state index in [2.05, 4.69) is 27.3 Å². The summed E-state index contributed by atoms with van der Waals surface area (Å²) in [4.78, 5) is 0. The Morgan fingerprint density at radius 2 is 2.32 bits per heavy atom. The summed E-state index contributed by atoms with van der Waals surface area (Å²) in [6.07, 6.45) is 2.11. The summed E-state index contributed by atoms with van der Waals surface area (Å²) in [5.41, 5.74) is 1.21. The molecule has 5 heteroatoms. The minimum atomic E-state index is 0.0775. The maximum atomic E-state index is 8.64. The van der Waals surface area contributed by atoms with Crippen molar-refractivity contribution >= 4 is 15.9 Å². The maximum absolute atomic E-state index is 8.64. The highest BCUT2D eigenvalue weighted by Crippen LogP contribution is 2.33. The predicted octanol–water partition coefficient (Wildman–Crippen LogP) is 2.26. The van der Waals surface area contributed by atoms with Crippen LogP contribution in [0.2, 0.25) is 0 Å². The van der Waals surface area contributed by atoms with E-state index in [0.717, 1.165) is 36.2 Å². The van der Waals surface area contributed by atoms with Crippen LogP contribution in [-0.4, -0.2) is 38.1 Å². The molecule has 1 aliphatic heterocycles. The van der Waals surface area contributed by atoms with Crippen molar-refractivity contribution in [2.45, 2.75) is 18.9 Å². The van der Waals surface area contributed by atoms with E-state index in [1.165, 1.54) is 5.56 Å². The number of rotatable bonds is 6. The van der Waals surface area contributed by atoms with Crippen molar-refractivity contribution in [2.75, 3.05) is 33.0 Å². The first-order valence-electron chi connectivity index (χ1n) is 6.65. The van der Waals surface area contributed by atoms with Gasteiger partial charge in [-0.25, -0.2) is 0 Å². The molecule has 0 radical (unpaired) electrons. The van der Waals surface area contributed by atoms with Gasteiger partial charge in [0.05, 0.1) is 26.4 Å². The molecule has 1 aromatic carbocycles. The summed E-state index contributed by atoms with van der Waals surface area (Å²) in [6, 6.07) is 6.49. The highest BCUT2D eigenvalue weighted by molar-refractivity contribution is 9.10. The van der Waals surface area contributed by atoms with Crippen molar-refractivity contribution < 1.29 is 14.6 Å². The zero-order valence-corrected chi connectivity index (χ0v) is 12.5. The molecule has 1 heterocycles. The van der Waals surface area contributed by atoms with Crippen LogP contribution in [0.25, 0.3) is 0 Å². The Morgan fingerprint density at radius 1 is 1.42 bits per heavy atom. The fourth-order valence-electron chi connectivity index (χ4n) is 2.23. The Morgan fingerprint density at radius 3 is 3.16 bits per heavy atom. The minimum Gasteiger partial charge on any atom is -0.493 e. The molecule has 19 heavy (non-hydrogen) atoms. The summed E-state index contributed by atoms with van der Waals surface area (Å²) in [5, 5.41) is 12.1. The molecule has 0 spiro atoms. The largest absolute Gasteiger partial charge is 0.493 e. The second-order valence-corrected chi connectivity index (χ2v) is 5.43. The number of hydrogen-bond donors (Lipinski definition) is 2. The van der Waals surface area contributed by atoms with Gasteiger partial charge in [-0.2, -0.15) is 0 Å². The molecule has 0 bridgehead atoms. The van der Waals surface area contributed by atoms with E-state index in [1.54, 1.807) is 0 Å². The number of aliphatic hydroxyl groups excluding tert-OH is 1. The molecule has 106 valence electrons. The van der Waals surface area contributed by atoms with Crippen LogP contribution >= 0.6 is 15.9 Å². The highest BCUT2D eigenvalue weighted by Gasteiger charge is 2.19. The minimum absolute atomic E-state index is 0.0775. The molecule has 0 fully saturated rings. The summed E-state index contributed by atoms with van der Waals surface area (Å²) >= 11 is 3.47. The first-order valence-corrected chi connectivity index (χ1v) is 7.45. The predicted molar refractivity (Wildman–Crippen MR) is 77.5 cm³/mol. The third kappa shape index (κ3) is 4.45. The van der Waals surface area contributed by atoms with E-state index >= 15 is 0 Å². The summed E-state index contributed by atoms with van der Waals surface area (Å²) < 4.78 is 12.1. The number of hydrogen-bond acceptors (Lipinski definition) is 4. The van der Waals surface area contributed by atoms with Gasteiger partial charge in [-0.3, -0.25) is 0 Å². The molecule has 1 aromatic rings. The van der Waals surface area contributed by atoms with Gasteiger partial charge in [0.2, 0.25) is 0 Å². The van der Waals surface area contributed by atoms with Gasteiger partial charge in [0.15, 0.2) is 0 Å². The van der Waals surface area contributed by atoms with E-state index in [4.69, 9.17) is 14.6 Å². The highest BCUT2D eigenvalue weighted by atomic mass is 79.9. The Kier molecular flexibility index (Phi) is 6.10. The molecule has 0 saturated carbocycles. The van der Waals surface area contributed by atoms with Crippen molar-refractivity contribution in [1.82, 2.24) is 5.32 Å². The van der Waals surface area contributed by atoms with Gasteiger partial charge in [-0.15, -0.1) is 0 Å². The van der Waals surface area contributed by atoms with Crippen molar-refractivity contribution in [3.8, 4) is 5.75 Å². The quantitative estimate of drug-likeness (QED) is 0.786. The average molecular weight is 330 g/mol. The Bertz CT molecular complexity index is 400. The third-order valence-electron chi connectivity index (χ3n) is 3.12. The zero-order chi connectivity index (χ0) is 13.5. The van der Waals surface area contributed by atoms with Crippen molar-refractivity contribution in [3.63, 3.8) is 0 Å². The first kappa shape index (κ1) is 14.8. The Labute approximate surface area is 122 Å². The van der Waals surface area contributed by atoms with Crippen molar-refractivity contribution in [1.29, 1.82) is 0 Å². The van der Waals surface area contributed by atoms with Crippen LogP contribution in [0.4, 0.5) is 0 Å². The first-order chi connectivity index (χ1) is 9.31. The van der Waals surface area contributed by atoms with Gasteiger partial charge < -0.3 is 19.9 Å². The van der Waals surface area contributed by atoms with Crippen LogP contribution < -0.4 is 10.1 Å². The van der Waals surface area contributed by atoms with E-state index < -0.39 is 0 Å². The molecule has 1 unspecified atom stereocenters. The number of aliphatic hydroxyl groups is 1. The molecular weight excluding hydrogens is 310 g/mol. The standard InChI is InChI=1S/C14H20BrNO3/c15-11-3-4-12-13(16-5-8-18-9-6-17)2-1-7-19-14(12)10-11/h3-4,10,13,16-17H,1-2,5-9H2. The molecular formula is C14H20BrNO3. The van der Waals surface area contributed by atoms with Gasteiger partial charge in [0.25, 0.3) is 0 Å². The van der Waals surface area contributed by atoms with E-state index in [9.17, 15) is 0 Å². The lowest BCUT2D eigenvalue weighted by atomic mass is 10.0. The van der Waals surface area contributed by atoms with Crippen LogP contribution in [-0.2, 0) is 4.74 Å². The van der Waals surface area contributed by atoms with Gasteiger partial charge in [-0.1, -0.05) is 22.0 Å². The maximum Gasteiger partial charge on any atom is 0.125 e. The topological polar surface area (TPSA) is 50.7 Å². The van der Waals surface area contributed by atoms with Crippen LogP contribution in [0.1, 0.15) is 24.4 Å². The molecule has 2 rings (SSSR count). The summed E-state index contributed by atoms with van der Waals surface area (Å²) in [6.45, 7) is 2.64. The van der Waals surface area contributed by atoms with E-state index in [1.807, 2.05) is 12.1 Å². The third-order valence-corrected chi connectivity index (χ3v) is 3.61. The number of halogens is 1. The molecule has 0 saturated heterocycles. The Balaban J connectivity index is 1.93. The lowest BCUT2D eigenvalue weighted by molar-refractivity contribution is 0.0924. The summed E-state index contributed by atoms with van der Waals surface area (Å²) in [5.74, 6) is 0.959. The van der Waals surface area contributed by atoms with Crippen LogP contribution in [0.5, 0.6) is 5.75 Å². The number of benzene rings is 1. The molecule has 0 aromatic heterocycles. The molecule has 0 aliphatic carbocycles.